The first kappa shape index (κ1) is 18.8. The molecule has 136 valence electrons. The molecule has 1 aromatic heterocycles. The van der Waals surface area contributed by atoms with Crippen LogP contribution in [0, 0.1) is 42.9 Å². The molecule has 2 rings (SSSR count). The number of rotatable bonds is 8. The Morgan fingerprint density at radius 3 is 2.15 bits per heavy atom. The predicted molar refractivity (Wildman–Crippen MR) is 92.5 cm³/mol. The average Bonchev–Trinajstić information content (AvgIpc) is 2.66. The highest BCUT2D eigenvalue weighted by Crippen LogP contribution is 2.31. The Hall–Kier alpha value is -4.52. The molecule has 13 heteroatoms. The minimum atomic E-state index is -0.739. The van der Waals surface area contributed by atoms with Crippen LogP contribution in [-0.2, 0) is 0 Å². The van der Waals surface area contributed by atoms with Crippen LogP contribution in [0.25, 0.3) is 0 Å². The maximum absolute atomic E-state index is 11.5. The zero-order valence-electron chi connectivity index (χ0n) is 13.6. The molecule has 2 N–H and O–H groups in total. The summed E-state index contributed by atoms with van der Waals surface area (Å²) in [5, 5.41) is 39.8. The summed E-state index contributed by atoms with van der Waals surface area (Å²) in [5.74, 6) is -0.393. The summed E-state index contributed by atoms with van der Waals surface area (Å²) in [4.78, 5) is 29.6. The quantitative estimate of drug-likeness (QED) is 0.390. The normalized spacial score (nSPS) is 9.56. The molecule has 1 aromatic carbocycles. The summed E-state index contributed by atoms with van der Waals surface area (Å²) in [6, 6.07) is 8.93. The number of benzene rings is 1. The van der Waals surface area contributed by atoms with Gasteiger partial charge in [-0.05, 0) is 12.1 Å². The van der Waals surface area contributed by atoms with Gasteiger partial charge in [-0.2, -0.15) is 10.5 Å². The smallest absolute Gasteiger partial charge is 0.324 e. The van der Waals surface area contributed by atoms with Crippen LogP contribution in [0.5, 0.6) is 0 Å². The minimum Gasteiger partial charge on any atom is -0.324 e. The van der Waals surface area contributed by atoms with Crippen molar-refractivity contribution in [2.24, 2.45) is 0 Å². The van der Waals surface area contributed by atoms with Crippen molar-refractivity contribution in [3.63, 3.8) is 0 Å². The molecular formula is C14H11N9O4. The molecule has 0 aliphatic heterocycles. The highest BCUT2D eigenvalue weighted by atomic mass is 16.6. The summed E-state index contributed by atoms with van der Waals surface area (Å²) in [6.07, 6.45) is 1.05. The van der Waals surface area contributed by atoms with Crippen molar-refractivity contribution in [1.29, 1.82) is 10.5 Å². The SMILES string of the molecule is N#CCN(CC#N)c1ncnc(NNc2ccc([N+](=O)[O-])cc2)c1[N+](=O)[O-]. The van der Waals surface area contributed by atoms with Gasteiger partial charge in [0, 0.05) is 12.1 Å². The minimum absolute atomic E-state index is 0.112. The van der Waals surface area contributed by atoms with E-state index < -0.39 is 15.5 Å². The highest BCUT2D eigenvalue weighted by molar-refractivity contribution is 5.72. The maximum Gasteiger partial charge on any atom is 0.355 e. The number of nitriles is 2. The lowest BCUT2D eigenvalue weighted by atomic mass is 10.3. The van der Waals surface area contributed by atoms with E-state index in [0.717, 1.165) is 11.2 Å². The number of hydrazine groups is 1. The van der Waals surface area contributed by atoms with Crippen LogP contribution >= 0.6 is 0 Å². The molecule has 2 aromatic rings. The fourth-order valence-corrected chi connectivity index (χ4v) is 2.03. The molecule has 0 radical (unpaired) electrons. The molecule has 0 spiro atoms. The number of anilines is 3. The third-order valence-electron chi connectivity index (χ3n) is 3.21. The van der Waals surface area contributed by atoms with Gasteiger partial charge in [-0.25, -0.2) is 9.97 Å². The first-order chi connectivity index (χ1) is 13.0. The molecule has 0 saturated carbocycles. The number of nitrogens with one attached hydrogen (secondary N) is 2. The van der Waals surface area contributed by atoms with Gasteiger partial charge in [-0.1, -0.05) is 0 Å². The van der Waals surface area contributed by atoms with Gasteiger partial charge in [-0.3, -0.25) is 31.1 Å². The fraction of sp³-hybridized carbons (Fsp3) is 0.143. The zero-order valence-corrected chi connectivity index (χ0v) is 13.6. The van der Waals surface area contributed by atoms with Crippen LogP contribution in [0.1, 0.15) is 0 Å². The number of nitro benzene ring substituents is 1. The molecular weight excluding hydrogens is 358 g/mol. The maximum atomic E-state index is 11.5. The molecule has 0 aliphatic carbocycles. The van der Waals surface area contributed by atoms with E-state index in [9.17, 15) is 20.2 Å². The molecule has 27 heavy (non-hydrogen) atoms. The second-order valence-corrected chi connectivity index (χ2v) is 4.88. The monoisotopic (exact) mass is 369 g/mol. The summed E-state index contributed by atoms with van der Waals surface area (Å²) in [6.45, 7) is -0.554. The fourth-order valence-electron chi connectivity index (χ4n) is 2.03. The lowest BCUT2D eigenvalue weighted by Gasteiger charge is -2.17. The molecule has 0 saturated heterocycles. The molecule has 0 unspecified atom stereocenters. The van der Waals surface area contributed by atoms with Crippen molar-refractivity contribution in [2.45, 2.75) is 0 Å². The standard InChI is InChI=1S/C14H11N9O4/c15-5-7-21(8-6-16)14-12(23(26)27)13(17-9-18-14)20-19-10-1-3-11(4-2-10)22(24)25/h1-4,9,19H,7-8H2,(H,17,18,20). The first-order valence-electron chi connectivity index (χ1n) is 7.22. The van der Waals surface area contributed by atoms with Crippen LogP contribution < -0.4 is 15.8 Å². The molecule has 0 atom stereocenters. The van der Waals surface area contributed by atoms with E-state index >= 15 is 0 Å². The van der Waals surface area contributed by atoms with Crippen LogP contribution in [0.15, 0.2) is 30.6 Å². The van der Waals surface area contributed by atoms with Crippen LogP contribution in [0.3, 0.4) is 0 Å². The number of nitro groups is 2. The summed E-state index contributed by atoms with van der Waals surface area (Å²) in [5.41, 5.74) is 4.92. The molecule has 13 nitrogen and oxygen atoms in total. The lowest BCUT2D eigenvalue weighted by molar-refractivity contribution is -0.384. The van der Waals surface area contributed by atoms with E-state index in [1.165, 1.54) is 24.3 Å². The Morgan fingerprint density at radius 2 is 1.63 bits per heavy atom. The highest BCUT2D eigenvalue weighted by Gasteiger charge is 2.27. The zero-order chi connectivity index (χ0) is 19.8. The van der Waals surface area contributed by atoms with Gasteiger partial charge in [0.1, 0.15) is 19.4 Å². The molecule has 0 aliphatic rings. The van der Waals surface area contributed by atoms with E-state index in [1.54, 1.807) is 0 Å². The summed E-state index contributed by atoms with van der Waals surface area (Å²) in [7, 11) is 0. The van der Waals surface area contributed by atoms with Gasteiger partial charge in [0.25, 0.3) is 5.69 Å². The predicted octanol–water partition coefficient (Wildman–Crippen LogP) is 1.59. The van der Waals surface area contributed by atoms with Crippen molar-refractivity contribution in [2.75, 3.05) is 28.8 Å². The number of aromatic nitrogens is 2. The van der Waals surface area contributed by atoms with Crippen LogP contribution in [-0.4, -0.2) is 32.9 Å². The number of hydrogen-bond donors (Lipinski definition) is 2. The largest absolute Gasteiger partial charge is 0.355 e. The van der Waals surface area contributed by atoms with Crippen molar-refractivity contribution in [1.82, 2.24) is 9.97 Å². The Labute approximate surface area is 151 Å². The van der Waals surface area contributed by atoms with Gasteiger partial charge < -0.3 is 4.90 Å². The second-order valence-electron chi connectivity index (χ2n) is 4.88. The second kappa shape index (κ2) is 8.54. The first-order valence-corrected chi connectivity index (χ1v) is 7.22. The van der Waals surface area contributed by atoms with Gasteiger partial charge in [0.05, 0.1) is 27.7 Å². The number of non-ortho nitro benzene ring substituents is 1. The third-order valence-corrected chi connectivity index (χ3v) is 3.21. The van der Waals surface area contributed by atoms with E-state index in [1.807, 2.05) is 12.1 Å². The topological polar surface area (TPSA) is 187 Å². The average molecular weight is 369 g/mol. The van der Waals surface area contributed by atoms with Gasteiger partial charge in [0.15, 0.2) is 0 Å². The van der Waals surface area contributed by atoms with Crippen molar-refractivity contribution >= 4 is 28.7 Å². The van der Waals surface area contributed by atoms with E-state index in [4.69, 9.17) is 10.5 Å². The lowest BCUT2D eigenvalue weighted by Crippen LogP contribution is -2.26. The van der Waals surface area contributed by atoms with Crippen LogP contribution in [0.4, 0.5) is 28.7 Å². The number of nitrogens with zero attached hydrogens (tertiary/aromatic N) is 7. The van der Waals surface area contributed by atoms with Crippen molar-refractivity contribution < 1.29 is 9.85 Å². The van der Waals surface area contributed by atoms with Gasteiger partial charge in [0.2, 0.25) is 11.6 Å². The Kier molecular flexibility index (Phi) is 5.95. The molecule has 1 heterocycles. The Balaban J connectivity index is 2.30. The van der Waals surface area contributed by atoms with Crippen molar-refractivity contribution in [3.05, 3.63) is 50.8 Å². The molecule has 0 bridgehead atoms. The van der Waals surface area contributed by atoms with Crippen molar-refractivity contribution in [3.8, 4) is 12.1 Å². The Bertz CT molecular complexity index is 917. The molecule has 0 amide bonds. The van der Waals surface area contributed by atoms with E-state index in [-0.39, 0.29) is 30.4 Å². The molecule has 0 fully saturated rings. The van der Waals surface area contributed by atoms with E-state index in [2.05, 4.69) is 20.8 Å². The van der Waals surface area contributed by atoms with Crippen LogP contribution in [0.2, 0.25) is 0 Å². The Morgan fingerprint density at radius 1 is 1.00 bits per heavy atom. The van der Waals surface area contributed by atoms with Gasteiger partial charge in [-0.15, -0.1) is 0 Å². The summed E-state index contributed by atoms with van der Waals surface area (Å²) < 4.78 is 0. The van der Waals surface area contributed by atoms with Gasteiger partial charge >= 0.3 is 5.69 Å². The third kappa shape index (κ3) is 4.52. The number of hydrogen-bond acceptors (Lipinski definition) is 11. The van der Waals surface area contributed by atoms with E-state index in [0.29, 0.717) is 5.69 Å². The summed E-state index contributed by atoms with van der Waals surface area (Å²) >= 11 is 0.